The van der Waals surface area contributed by atoms with E-state index in [1.165, 1.54) is 24.9 Å². The number of nitrogens with zero attached hydrogens (tertiary/aromatic N) is 2. The molecule has 0 bridgehead atoms. The molecule has 0 aliphatic carbocycles. The fourth-order valence-corrected chi connectivity index (χ4v) is 3.47. The second-order valence-corrected chi connectivity index (χ2v) is 6.90. The Balaban J connectivity index is 2.08. The molecule has 1 aromatic rings. The number of halogens is 2. The molecule has 2 rings (SSSR count). The van der Waals surface area contributed by atoms with Crippen LogP contribution in [0.1, 0.15) is 24.4 Å². The van der Waals surface area contributed by atoms with Crippen LogP contribution in [0.15, 0.2) is 22.7 Å². The Kier molecular flexibility index (Phi) is 5.87. The van der Waals surface area contributed by atoms with Gasteiger partial charge in [0, 0.05) is 29.6 Å². The summed E-state index contributed by atoms with van der Waals surface area (Å²) in [6, 6.07) is 6.95. The Morgan fingerprint density at radius 1 is 1.55 bits per heavy atom. The predicted molar refractivity (Wildman–Crippen MR) is 89.2 cm³/mol. The minimum absolute atomic E-state index is 0.234. The highest BCUT2D eigenvalue weighted by atomic mass is 79.9. The van der Waals surface area contributed by atoms with Crippen molar-refractivity contribution < 1.29 is 0 Å². The standard InChI is InChI=1S/C15H23BrClN3/c1-19-7-3-4-12(19)10-20(2)15(9-18)11-5-6-14(17)13(16)8-11/h5-6,8,12,15H,3-4,7,9-10,18H2,1-2H3. The van der Waals surface area contributed by atoms with E-state index < -0.39 is 0 Å². The third kappa shape index (κ3) is 3.74. The van der Waals surface area contributed by atoms with E-state index in [-0.39, 0.29) is 6.04 Å². The summed E-state index contributed by atoms with van der Waals surface area (Å²) in [5, 5.41) is 0.739. The van der Waals surface area contributed by atoms with Crippen LogP contribution in [0.5, 0.6) is 0 Å². The van der Waals surface area contributed by atoms with E-state index in [4.69, 9.17) is 17.3 Å². The fraction of sp³-hybridized carbons (Fsp3) is 0.600. The molecule has 1 fully saturated rings. The van der Waals surface area contributed by atoms with E-state index in [1.54, 1.807) is 0 Å². The first kappa shape index (κ1) is 16.2. The van der Waals surface area contributed by atoms with E-state index in [1.807, 2.05) is 6.07 Å². The second kappa shape index (κ2) is 7.23. The number of likely N-dealkylation sites (tertiary alicyclic amines) is 1. The zero-order valence-electron chi connectivity index (χ0n) is 12.1. The Morgan fingerprint density at radius 2 is 2.30 bits per heavy atom. The minimum atomic E-state index is 0.234. The molecular formula is C15H23BrClN3. The van der Waals surface area contributed by atoms with Gasteiger partial charge >= 0.3 is 0 Å². The van der Waals surface area contributed by atoms with Crippen LogP contribution in [-0.2, 0) is 0 Å². The topological polar surface area (TPSA) is 32.5 Å². The van der Waals surface area contributed by atoms with Crippen molar-refractivity contribution in [1.82, 2.24) is 9.80 Å². The zero-order valence-corrected chi connectivity index (χ0v) is 14.5. The summed E-state index contributed by atoms with van der Waals surface area (Å²) in [6.45, 7) is 2.87. The number of likely N-dealkylation sites (N-methyl/N-ethyl adjacent to an activating group) is 2. The molecule has 112 valence electrons. The maximum absolute atomic E-state index is 6.07. The zero-order chi connectivity index (χ0) is 14.7. The van der Waals surface area contributed by atoms with Crippen molar-refractivity contribution in [1.29, 1.82) is 0 Å². The highest BCUT2D eigenvalue weighted by molar-refractivity contribution is 9.10. The quantitative estimate of drug-likeness (QED) is 0.875. The van der Waals surface area contributed by atoms with Gasteiger partial charge in [-0.1, -0.05) is 17.7 Å². The molecule has 2 unspecified atom stereocenters. The van der Waals surface area contributed by atoms with Crippen molar-refractivity contribution >= 4 is 27.5 Å². The first-order valence-corrected chi connectivity index (χ1v) is 8.25. The van der Waals surface area contributed by atoms with Crippen LogP contribution in [0, 0.1) is 0 Å². The van der Waals surface area contributed by atoms with Gasteiger partial charge in [-0.15, -0.1) is 0 Å². The monoisotopic (exact) mass is 359 g/mol. The predicted octanol–water partition coefficient (Wildman–Crippen LogP) is 3.13. The Morgan fingerprint density at radius 3 is 2.85 bits per heavy atom. The van der Waals surface area contributed by atoms with Gasteiger partial charge in [0.2, 0.25) is 0 Å². The molecule has 3 nitrogen and oxygen atoms in total. The molecule has 1 aromatic carbocycles. The number of hydrogen-bond acceptors (Lipinski definition) is 3. The van der Waals surface area contributed by atoms with Crippen LogP contribution in [0.4, 0.5) is 0 Å². The highest BCUT2D eigenvalue weighted by Crippen LogP contribution is 2.28. The van der Waals surface area contributed by atoms with E-state index in [2.05, 4.69) is 52.0 Å². The SMILES string of the molecule is CN1CCCC1CN(C)C(CN)c1ccc(Cl)c(Br)c1. The van der Waals surface area contributed by atoms with Crippen molar-refractivity contribution in [2.45, 2.75) is 24.9 Å². The molecule has 0 radical (unpaired) electrons. The molecule has 0 saturated carbocycles. The molecule has 0 spiro atoms. The number of benzene rings is 1. The third-order valence-electron chi connectivity index (χ3n) is 4.25. The summed E-state index contributed by atoms with van der Waals surface area (Å²) in [5.74, 6) is 0. The molecule has 1 heterocycles. The highest BCUT2D eigenvalue weighted by Gasteiger charge is 2.25. The number of hydrogen-bond donors (Lipinski definition) is 1. The number of nitrogens with two attached hydrogens (primary N) is 1. The second-order valence-electron chi connectivity index (χ2n) is 5.64. The lowest BCUT2D eigenvalue weighted by atomic mass is 10.0. The van der Waals surface area contributed by atoms with Crippen molar-refractivity contribution in [3.63, 3.8) is 0 Å². The summed E-state index contributed by atoms with van der Waals surface area (Å²) in [5.41, 5.74) is 7.21. The van der Waals surface area contributed by atoms with Crippen LogP contribution in [0.25, 0.3) is 0 Å². The molecule has 20 heavy (non-hydrogen) atoms. The first-order valence-electron chi connectivity index (χ1n) is 7.08. The van der Waals surface area contributed by atoms with Gasteiger partial charge in [-0.05, 0) is 67.1 Å². The summed E-state index contributed by atoms with van der Waals surface area (Å²) in [7, 11) is 4.37. The lowest BCUT2D eigenvalue weighted by molar-refractivity contribution is 0.179. The van der Waals surface area contributed by atoms with Crippen LogP contribution in [0.2, 0.25) is 5.02 Å². The van der Waals surface area contributed by atoms with Crippen LogP contribution in [0.3, 0.4) is 0 Å². The van der Waals surface area contributed by atoms with Gasteiger partial charge in [0.1, 0.15) is 0 Å². The molecule has 2 atom stereocenters. The van der Waals surface area contributed by atoms with Crippen molar-refractivity contribution in [2.75, 3.05) is 33.7 Å². The summed E-state index contributed by atoms with van der Waals surface area (Å²) >= 11 is 9.56. The summed E-state index contributed by atoms with van der Waals surface area (Å²) < 4.78 is 0.932. The largest absolute Gasteiger partial charge is 0.329 e. The van der Waals surface area contributed by atoms with E-state index >= 15 is 0 Å². The van der Waals surface area contributed by atoms with Crippen LogP contribution in [-0.4, -0.2) is 49.6 Å². The summed E-state index contributed by atoms with van der Waals surface area (Å²) in [4.78, 5) is 4.81. The normalized spacial score (nSPS) is 21.6. The van der Waals surface area contributed by atoms with Gasteiger partial charge < -0.3 is 10.6 Å². The van der Waals surface area contributed by atoms with Gasteiger partial charge in [0.05, 0.1) is 5.02 Å². The molecule has 2 N–H and O–H groups in total. The fourth-order valence-electron chi connectivity index (χ4n) is 2.96. The van der Waals surface area contributed by atoms with Gasteiger partial charge in [0.15, 0.2) is 0 Å². The number of rotatable bonds is 5. The van der Waals surface area contributed by atoms with Gasteiger partial charge in [-0.3, -0.25) is 4.90 Å². The summed E-state index contributed by atoms with van der Waals surface area (Å²) in [6.07, 6.45) is 2.58. The molecule has 1 aliphatic rings. The molecule has 0 aromatic heterocycles. The van der Waals surface area contributed by atoms with Crippen LogP contribution < -0.4 is 5.73 Å². The molecule has 0 amide bonds. The Bertz CT molecular complexity index is 455. The Labute approximate surface area is 135 Å². The van der Waals surface area contributed by atoms with E-state index in [0.29, 0.717) is 12.6 Å². The average molecular weight is 361 g/mol. The van der Waals surface area contributed by atoms with Gasteiger partial charge in [-0.25, -0.2) is 0 Å². The van der Waals surface area contributed by atoms with Gasteiger partial charge in [-0.2, -0.15) is 0 Å². The van der Waals surface area contributed by atoms with Crippen molar-refractivity contribution in [2.24, 2.45) is 5.73 Å². The minimum Gasteiger partial charge on any atom is -0.329 e. The lowest BCUT2D eigenvalue weighted by Gasteiger charge is -2.32. The average Bonchev–Trinajstić information content (AvgIpc) is 2.80. The molecule has 1 saturated heterocycles. The molecular weight excluding hydrogens is 338 g/mol. The van der Waals surface area contributed by atoms with Crippen LogP contribution >= 0.6 is 27.5 Å². The smallest absolute Gasteiger partial charge is 0.0548 e. The Hall–Kier alpha value is -0.130. The maximum atomic E-state index is 6.07. The lowest BCUT2D eigenvalue weighted by Crippen LogP contribution is -2.40. The van der Waals surface area contributed by atoms with Crippen molar-refractivity contribution in [3.8, 4) is 0 Å². The van der Waals surface area contributed by atoms with Gasteiger partial charge in [0.25, 0.3) is 0 Å². The third-order valence-corrected chi connectivity index (χ3v) is 5.47. The molecule has 5 heteroatoms. The van der Waals surface area contributed by atoms with E-state index in [0.717, 1.165) is 16.0 Å². The molecule has 1 aliphatic heterocycles. The maximum Gasteiger partial charge on any atom is 0.0548 e. The van der Waals surface area contributed by atoms with E-state index in [9.17, 15) is 0 Å². The first-order chi connectivity index (χ1) is 9.52. The van der Waals surface area contributed by atoms with Crippen molar-refractivity contribution in [3.05, 3.63) is 33.3 Å².